The lowest BCUT2D eigenvalue weighted by atomic mass is 10.1. The second kappa shape index (κ2) is 8.50. The Morgan fingerprint density at radius 3 is 2.71 bits per heavy atom. The van der Waals surface area contributed by atoms with Gasteiger partial charge in [0.2, 0.25) is 0 Å². The summed E-state index contributed by atoms with van der Waals surface area (Å²) in [6.45, 7) is 2.70. The lowest BCUT2D eigenvalue weighted by Gasteiger charge is -2.03. The van der Waals surface area contributed by atoms with Crippen LogP contribution in [0.25, 0.3) is 10.2 Å². The molecule has 0 aliphatic heterocycles. The average molecular weight is 395 g/mol. The maximum Gasteiger partial charge on any atom is 0.270 e. The fraction of sp³-hybridized carbons (Fsp3) is 0.200. The highest BCUT2D eigenvalue weighted by atomic mass is 32.1. The van der Waals surface area contributed by atoms with Gasteiger partial charge in [0.05, 0.1) is 34.7 Å². The Bertz CT molecular complexity index is 1140. The van der Waals surface area contributed by atoms with Crippen LogP contribution >= 0.6 is 11.3 Å². The highest BCUT2D eigenvalue weighted by molar-refractivity contribution is 7.16. The minimum atomic E-state index is -0.460. The molecule has 1 aromatic heterocycles. The van der Waals surface area contributed by atoms with Crippen molar-refractivity contribution in [2.45, 2.75) is 19.9 Å². The van der Waals surface area contributed by atoms with E-state index in [-0.39, 0.29) is 24.6 Å². The summed E-state index contributed by atoms with van der Waals surface area (Å²) < 4.78 is 7.75. The number of hydrogen-bond donors (Lipinski definition) is 0. The number of non-ortho nitro benzene ring substituents is 1. The number of thiazole rings is 1. The molecule has 7 nitrogen and oxygen atoms in total. The Labute approximate surface area is 165 Å². The van der Waals surface area contributed by atoms with Gasteiger partial charge in [0, 0.05) is 12.1 Å². The van der Waals surface area contributed by atoms with Crippen LogP contribution in [0.5, 0.6) is 5.75 Å². The van der Waals surface area contributed by atoms with E-state index in [4.69, 9.17) is 11.2 Å². The van der Waals surface area contributed by atoms with Crippen molar-refractivity contribution in [2.24, 2.45) is 4.99 Å². The van der Waals surface area contributed by atoms with E-state index in [1.54, 1.807) is 10.6 Å². The molecular weight excluding hydrogens is 378 g/mol. The van der Waals surface area contributed by atoms with Crippen LogP contribution in [0, 0.1) is 22.5 Å². The number of rotatable bonds is 6. The highest BCUT2D eigenvalue weighted by Gasteiger charge is 2.12. The first-order valence-corrected chi connectivity index (χ1v) is 9.34. The fourth-order valence-corrected chi connectivity index (χ4v) is 3.78. The molecule has 0 N–H and O–H groups in total. The third-order valence-corrected chi connectivity index (χ3v) is 4.98. The van der Waals surface area contributed by atoms with Crippen LogP contribution in [-0.2, 0) is 17.8 Å². The van der Waals surface area contributed by atoms with Crippen LogP contribution in [0.3, 0.4) is 0 Å². The van der Waals surface area contributed by atoms with Crippen LogP contribution in [0.4, 0.5) is 5.69 Å². The SMILES string of the molecule is C#CCn1c(=NC(=O)Cc2ccc(OCC)cc2)sc2cc([N+](=O)[O-])ccc21. The first-order valence-electron chi connectivity index (χ1n) is 8.52. The molecule has 2 aromatic carbocycles. The molecular formula is C20H17N3O4S. The molecule has 0 spiro atoms. The smallest absolute Gasteiger partial charge is 0.270 e. The van der Waals surface area contributed by atoms with Gasteiger partial charge >= 0.3 is 0 Å². The number of terminal acetylenes is 1. The van der Waals surface area contributed by atoms with Gasteiger partial charge in [-0.3, -0.25) is 14.9 Å². The zero-order chi connectivity index (χ0) is 20.1. The summed E-state index contributed by atoms with van der Waals surface area (Å²) in [5.74, 6) is 2.95. The number of amides is 1. The second-order valence-electron chi connectivity index (χ2n) is 5.84. The predicted octanol–water partition coefficient (Wildman–Crippen LogP) is 3.31. The molecule has 0 aliphatic carbocycles. The summed E-state index contributed by atoms with van der Waals surface area (Å²) in [5.41, 5.74) is 1.51. The summed E-state index contributed by atoms with van der Waals surface area (Å²) >= 11 is 1.20. The van der Waals surface area contributed by atoms with Crippen molar-refractivity contribution >= 4 is 33.1 Å². The zero-order valence-electron chi connectivity index (χ0n) is 15.1. The normalized spacial score (nSPS) is 11.4. The Morgan fingerprint density at radius 1 is 1.32 bits per heavy atom. The molecule has 8 heteroatoms. The molecule has 0 radical (unpaired) electrons. The minimum Gasteiger partial charge on any atom is -0.494 e. The van der Waals surface area contributed by atoms with E-state index in [0.29, 0.717) is 21.6 Å². The first kappa shape index (κ1) is 19.3. The standard InChI is InChI=1S/C20H17N3O4S/c1-3-11-22-17-10-7-15(23(25)26)13-18(17)28-20(22)21-19(24)12-14-5-8-16(9-6-14)27-4-2/h1,5-10,13H,4,11-12H2,2H3. The Morgan fingerprint density at radius 2 is 2.07 bits per heavy atom. The maximum atomic E-state index is 12.4. The van der Waals surface area contributed by atoms with Crippen LogP contribution in [0.2, 0.25) is 0 Å². The molecule has 3 rings (SSSR count). The van der Waals surface area contributed by atoms with Crippen molar-refractivity contribution in [1.82, 2.24) is 4.57 Å². The van der Waals surface area contributed by atoms with Crippen molar-refractivity contribution < 1.29 is 14.5 Å². The van der Waals surface area contributed by atoms with E-state index in [2.05, 4.69) is 10.9 Å². The van der Waals surface area contributed by atoms with Gasteiger partial charge in [-0.25, -0.2) is 0 Å². The summed E-state index contributed by atoms with van der Waals surface area (Å²) in [5, 5.41) is 11.0. The molecule has 0 atom stereocenters. The van der Waals surface area contributed by atoms with Crippen LogP contribution < -0.4 is 9.54 Å². The van der Waals surface area contributed by atoms with Crippen LogP contribution in [0.15, 0.2) is 47.5 Å². The van der Waals surface area contributed by atoms with E-state index >= 15 is 0 Å². The van der Waals surface area contributed by atoms with Crippen molar-refractivity contribution in [2.75, 3.05) is 6.61 Å². The Balaban J connectivity index is 1.93. The number of carbonyl (C=O) groups is 1. The number of aromatic nitrogens is 1. The molecule has 0 aliphatic rings. The van der Waals surface area contributed by atoms with Gasteiger partial charge in [-0.05, 0) is 30.7 Å². The van der Waals surface area contributed by atoms with E-state index in [0.717, 1.165) is 11.3 Å². The topological polar surface area (TPSA) is 86.7 Å². The number of nitro groups is 1. The van der Waals surface area contributed by atoms with Gasteiger partial charge in [0.15, 0.2) is 4.80 Å². The molecule has 0 unspecified atom stereocenters. The lowest BCUT2D eigenvalue weighted by molar-refractivity contribution is -0.384. The number of nitro benzene ring substituents is 1. The van der Waals surface area contributed by atoms with E-state index in [1.807, 2.05) is 31.2 Å². The minimum absolute atomic E-state index is 0.0196. The van der Waals surface area contributed by atoms with Gasteiger partial charge in [-0.1, -0.05) is 29.4 Å². The van der Waals surface area contributed by atoms with E-state index < -0.39 is 4.92 Å². The number of carbonyl (C=O) groups excluding carboxylic acids is 1. The van der Waals surface area contributed by atoms with Crippen molar-refractivity contribution in [1.29, 1.82) is 0 Å². The Hall–Kier alpha value is -3.44. The number of nitrogens with zero attached hydrogens (tertiary/aromatic N) is 3. The number of benzene rings is 2. The first-order chi connectivity index (χ1) is 13.5. The lowest BCUT2D eigenvalue weighted by Crippen LogP contribution is -2.17. The number of ether oxygens (including phenoxy) is 1. The fourth-order valence-electron chi connectivity index (χ4n) is 2.70. The molecule has 3 aromatic rings. The van der Waals surface area contributed by atoms with Gasteiger partial charge in [-0.2, -0.15) is 4.99 Å². The van der Waals surface area contributed by atoms with Crippen LogP contribution in [0.1, 0.15) is 12.5 Å². The average Bonchev–Trinajstić information content (AvgIpc) is 3.00. The summed E-state index contributed by atoms with van der Waals surface area (Å²) in [6, 6.07) is 11.8. The third kappa shape index (κ3) is 4.27. The van der Waals surface area contributed by atoms with E-state index in [1.165, 1.54) is 23.5 Å². The second-order valence-corrected chi connectivity index (χ2v) is 6.85. The predicted molar refractivity (Wildman–Crippen MR) is 107 cm³/mol. The van der Waals surface area contributed by atoms with E-state index in [9.17, 15) is 14.9 Å². The van der Waals surface area contributed by atoms with Gasteiger partial charge < -0.3 is 9.30 Å². The number of fused-ring (bicyclic) bond motifs is 1. The molecule has 142 valence electrons. The molecule has 1 amide bonds. The molecule has 0 saturated heterocycles. The molecule has 1 heterocycles. The van der Waals surface area contributed by atoms with Gasteiger partial charge in [0.1, 0.15) is 5.75 Å². The highest BCUT2D eigenvalue weighted by Crippen LogP contribution is 2.23. The van der Waals surface area contributed by atoms with Crippen molar-refractivity contribution in [3.8, 4) is 18.1 Å². The molecule has 0 fully saturated rings. The quantitative estimate of drug-likeness (QED) is 0.364. The molecule has 0 saturated carbocycles. The monoisotopic (exact) mass is 395 g/mol. The van der Waals surface area contributed by atoms with Gasteiger partial charge in [-0.15, -0.1) is 6.42 Å². The van der Waals surface area contributed by atoms with Crippen molar-refractivity contribution in [3.05, 3.63) is 62.9 Å². The zero-order valence-corrected chi connectivity index (χ0v) is 15.9. The van der Waals surface area contributed by atoms with Crippen molar-refractivity contribution in [3.63, 3.8) is 0 Å². The maximum absolute atomic E-state index is 12.4. The summed E-state index contributed by atoms with van der Waals surface area (Å²) in [7, 11) is 0. The van der Waals surface area contributed by atoms with Crippen LogP contribution in [-0.4, -0.2) is 22.0 Å². The molecule has 0 bridgehead atoms. The summed E-state index contributed by atoms with van der Waals surface area (Å²) in [4.78, 5) is 27.6. The Kier molecular flexibility index (Phi) is 5.87. The molecule has 28 heavy (non-hydrogen) atoms. The number of hydrogen-bond acceptors (Lipinski definition) is 5. The third-order valence-electron chi connectivity index (χ3n) is 3.94. The largest absolute Gasteiger partial charge is 0.494 e. The summed E-state index contributed by atoms with van der Waals surface area (Å²) in [6.07, 6.45) is 5.57. The van der Waals surface area contributed by atoms with Gasteiger partial charge in [0.25, 0.3) is 11.6 Å².